The summed E-state index contributed by atoms with van der Waals surface area (Å²) in [6.07, 6.45) is 1.47. The highest BCUT2D eigenvalue weighted by Crippen LogP contribution is 2.36. The molecule has 1 atom stereocenters. The third kappa shape index (κ3) is 4.97. The van der Waals surface area contributed by atoms with E-state index >= 15 is 0 Å². The van der Waals surface area contributed by atoms with Crippen molar-refractivity contribution < 1.29 is 14.4 Å². The molecule has 0 spiro atoms. The zero-order chi connectivity index (χ0) is 26.0. The zero-order valence-electron chi connectivity index (χ0n) is 20.8. The van der Waals surface area contributed by atoms with Crippen LogP contribution in [0, 0.1) is 0 Å². The van der Waals surface area contributed by atoms with Crippen molar-refractivity contribution in [2.45, 2.75) is 51.7 Å². The Kier molecular flexibility index (Phi) is 7.40. The first kappa shape index (κ1) is 25.8. The molecule has 0 fully saturated rings. The maximum absolute atomic E-state index is 13.2. The molecular weight excluding hydrogens is 472 g/mol. The van der Waals surface area contributed by atoms with Gasteiger partial charge in [0.25, 0.3) is 5.91 Å². The summed E-state index contributed by atoms with van der Waals surface area (Å²) in [5.41, 5.74) is 15.3. The number of carbonyl (C=O) groups excluding carboxylic acids is 3. The quantitative estimate of drug-likeness (QED) is 0.412. The number of carbonyl (C=O) groups is 3. The fourth-order valence-corrected chi connectivity index (χ4v) is 5.45. The van der Waals surface area contributed by atoms with Crippen molar-refractivity contribution in [2.24, 2.45) is 11.5 Å². The molecule has 1 aliphatic heterocycles. The maximum atomic E-state index is 13.2. The normalized spacial score (nSPS) is 14.7. The van der Waals surface area contributed by atoms with Crippen molar-refractivity contribution >= 4 is 34.6 Å². The number of hydrogen-bond donors (Lipinski definition) is 3. The lowest BCUT2D eigenvalue weighted by atomic mass is 9.85. The number of thiophene rings is 1. The molecule has 0 saturated heterocycles. The highest BCUT2D eigenvalue weighted by Gasteiger charge is 2.30. The van der Waals surface area contributed by atoms with Crippen LogP contribution < -0.4 is 21.7 Å². The third-order valence-corrected chi connectivity index (χ3v) is 7.31. The second-order valence-electron chi connectivity index (χ2n) is 9.55. The maximum Gasteiger partial charge on any atom is 0.251 e. The number of fused-ring (bicyclic) bond motifs is 1. The van der Waals surface area contributed by atoms with E-state index in [1.165, 1.54) is 0 Å². The van der Waals surface area contributed by atoms with Crippen LogP contribution >= 0.6 is 11.3 Å². The summed E-state index contributed by atoms with van der Waals surface area (Å²) < 4.78 is 0. The number of anilines is 1. The van der Waals surface area contributed by atoms with Crippen LogP contribution in [0.4, 0.5) is 5.69 Å². The average Bonchev–Trinajstić information content (AvgIpc) is 3.24. The van der Waals surface area contributed by atoms with Crippen LogP contribution in [0.3, 0.4) is 0 Å². The monoisotopic (exact) mass is 504 g/mol. The van der Waals surface area contributed by atoms with Gasteiger partial charge in [-0.15, -0.1) is 11.3 Å². The largest absolute Gasteiger partial charge is 0.352 e. The van der Waals surface area contributed by atoms with Crippen LogP contribution in [0.25, 0.3) is 11.1 Å². The van der Waals surface area contributed by atoms with E-state index in [2.05, 4.69) is 5.32 Å². The lowest BCUT2D eigenvalue weighted by Gasteiger charge is -2.28. The van der Waals surface area contributed by atoms with Crippen LogP contribution in [0.2, 0.25) is 0 Å². The molecule has 0 saturated carbocycles. The van der Waals surface area contributed by atoms with Crippen molar-refractivity contribution in [1.82, 2.24) is 5.32 Å². The fourth-order valence-electron chi connectivity index (χ4n) is 4.54. The van der Waals surface area contributed by atoms with Crippen molar-refractivity contribution in [1.29, 1.82) is 0 Å². The minimum Gasteiger partial charge on any atom is -0.352 e. The fraction of sp³-hybridized carbons (Fsp3) is 0.321. The lowest BCUT2D eigenvalue weighted by molar-refractivity contribution is -0.119. The Bertz CT molecular complexity index is 1290. The molecule has 0 bridgehead atoms. The van der Waals surface area contributed by atoms with Gasteiger partial charge in [0.2, 0.25) is 5.91 Å². The molecule has 1 unspecified atom stereocenters. The predicted molar refractivity (Wildman–Crippen MR) is 144 cm³/mol. The second-order valence-corrected chi connectivity index (χ2v) is 10.6. The smallest absolute Gasteiger partial charge is 0.251 e. The van der Waals surface area contributed by atoms with Gasteiger partial charge in [0, 0.05) is 34.5 Å². The number of aryl methyl sites for hydroxylation is 1. The van der Waals surface area contributed by atoms with Gasteiger partial charge in [-0.25, -0.2) is 0 Å². The molecule has 36 heavy (non-hydrogen) atoms. The first-order valence-electron chi connectivity index (χ1n) is 12.1. The molecule has 8 heteroatoms. The van der Waals surface area contributed by atoms with E-state index in [0.717, 1.165) is 29.0 Å². The van der Waals surface area contributed by atoms with Gasteiger partial charge in [-0.05, 0) is 62.3 Å². The van der Waals surface area contributed by atoms with Crippen LogP contribution in [-0.2, 0) is 11.2 Å². The number of benzene rings is 2. The Morgan fingerprint density at radius 1 is 1.08 bits per heavy atom. The Morgan fingerprint density at radius 3 is 2.44 bits per heavy atom. The van der Waals surface area contributed by atoms with Gasteiger partial charge >= 0.3 is 0 Å². The number of amides is 2. The predicted octanol–water partition coefficient (Wildman–Crippen LogP) is 4.41. The summed E-state index contributed by atoms with van der Waals surface area (Å²) >= 11 is 1.64. The van der Waals surface area contributed by atoms with E-state index in [9.17, 15) is 14.4 Å². The molecule has 2 aromatic carbocycles. The summed E-state index contributed by atoms with van der Waals surface area (Å²) in [7, 11) is 0. The zero-order valence-corrected chi connectivity index (χ0v) is 21.7. The topological polar surface area (TPSA) is 119 Å². The first-order chi connectivity index (χ1) is 17.1. The molecule has 1 aromatic heterocycles. The molecule has 2 heterocycles. The van der Waals surface area contributed by atoms with Crippen LogP contribution in [0.15, 0.2) is 53.9 Å². The highest BCUT2D eigenvalue weighted by atomic mass is 32.1. The van der Waals surface area contributed by atoms with Crippen LogP contribution in [0.5, 0.6) is 0 Å². The van der Waals surface area contributed by atoms with Crippen LogP contribution in [-0.4, -0.2) is 29.7 Å². The molecule has 5 N–H and O–H groups in total. The minimum atomic E-state index is -1.11. The van der Waals surface area contributed by atoms with Crippen LogP contribution in [0.1, 0.15) is 70.9 Å². The van der Waals surface area contributed by atoms with E-state index in [1.54, 1.807) is 48.3 Å². The Hall–Kier alpha value is -3.33. The van der Waals surface area contributed by atoms with E-state index < -0.39 is 11.7 Å². The van der Waals surface area contributed by atoms with E-state index in [-0.39, 0.29) is 17.6 Å². The number of nitrogens with two attached hydrogens (primary N) is 2. The van der Waals surface area contributed by atoms with Crippen molar-refractivity contribution in [3.05, 3.63) is 75.5 Å². The number of ketones is 1. The molecule has 3 aromatic rings. The Morgan fingerprint density at radius 2 is 1.78 bits per heavy atom. The third-order valence-electron chi connectivity index (χ3n) is 6.34. The van der Waals surface area contributed by atoms with Gasteiger partial charge in [-0.2, -0.15) is 0 Å². The number of hydrogen-bond acceptors (Lipinski definition) is 6. The number of nitrogens with one attached hydrogen (secondary N) is 1. The Labute approximate surface area is 215 Å². The summed E-state index contributed by atoms with van der Waals surface area (Å²) in [6.45, 7) is 5.60. The van der Waals surface area contributed by atoms with Gasteiger partial charge < -0.3 is 16.8 Å². The van der Waals surface area contributed by atoms with Gasteiger partial charge in [-0.1, -0.05) is 36.4 Å². The van der Waals surface area contributed by atoms with Gasteiger partial charge in [0.15, 0.2) is 5.78 Å². The van der Waals surface area contributed by atoms with Gasteiger partial charge in [-0.3, -0.25) is 19.3 Å². The summed E-state index contributed by atoms with van der Waals surface area (Å²) in [5, 5.41) is 4.81. The van der Waals surface area contributed by atoms with Crippen molar-refractivity contribution in [2.75, 3.05) is 11.4 Å². The number of rotatable bonds is 7. The molecule has 1 aliphatic rings. The molecule has 0 radical (unpaired) electrons. The summed E-state index contributed by atoms with van der Waals surface area (Å²) in [6, 6.07) is 14.4. The average molecular weight is 505 g/mol. The lowest BCUT2D eigenvalue weighted by Crippen LogP contribution is -2.42. The van der Waals surface area contributed by atoms with E-state index in [0.29, 0.717) is 35.2 Å². The van der Waals surface area contributed by atoms with E-state index in [1.807, 2.05) is 42.6 Å². The molecular formula is C28H32N4O3S. The molecule has 2 amide bonds. The molecule has 0 aliphatic carbocycles. The Balaban J connectivity index is 1.76. The molecule has 7 nitrogen and oxygen atoms in total. The number of Topliss-reactive ketones (excluding diaryl/α,β-unsaturated/α-hetero) is 1. The van der Waals surface area contributed by atoms with Crippen molar-refractivity contribution in [3.63, 3.8) is 0 Å². The van der Waals surface area contributed by atoms with E-state index in [4.69, 9.17) is 11.5 Å². The highest BCUT2D eigenvalue weighted by molar-refractivity contribution is 7.10. The van der Waals surface area contributed by atoms with Crippen molar-refractivity contribution in [3.8, 4) is 11.1 Å². The van der Waals surface area contributed by atoms with Gasteiger partial charge in [0.05, 0.1) is 11.2 Å². The number of nitrogens with zero attached hydrogens (tertiary/aromatic N) is 1. The summed E-state index contributed by atoms with van der Waals surface area (Å²) in [5.74, 6) is -0.522. The standard InChI is InChI=1S/C28H32N4O3S/c1-4-31-27(35)20-8-5-7-19(25(34)28(2,3)30)24(20)17-11-13-18(14-12-17)26(29)32-21-15-16-36-22(21)9-6-10-23(32)33/h5,7-8,11-16,26H,4,6,9-10,29-30H2,1-3H3,(H,31,35). The second kappa shape index (κ2) is 10.3. The SMILES string of the molecule is CCNC(=O)c1cccc(C(=O)C(C)(C)N)c1-c1ccc(C(N)N2C(=O)CCCc3sccc32)cc1. The first-order valence-corrected chi connectivity index (χ1v) is 13.0. The molecule has 188 valence electrons. The minimum absolute atomic E-state index is 0.00312. The summed E-state index contributed by atoms with van der Waals surface area (Å²) in [4.78, 5) is 41.9. The van der Waals surface area contributed by atoms with Gasteiger partial charge in [0.1, 0.15) is 6.17 Å². The molecule has 4 rings (SSSR count).